The summed E-state index contributed by atoms with van der Waals surface area (Å²) in [6.45, 7) is 1.88. The third-order valence-corrected chi connectivity index (χ3v) is 3.98. The van der Waals surface area contributed by atoms with E-state index in [-0.39, 0.29) is 0 Å². The molecule has 6 heteroatoms. The van der Waals surface area contributed by atoms with Crippen molar-refractivity contribution in [3.05, 3.63) is 44.8 Å². The van der Waals surface area contributed by atoms with E-state index in [0.29, 0.717) is 26.9 Å². The molecule has 1 aromatic carbocycles. The number of rotatable bonds is 3. The molecule has 20 heavy (non-hydrogen) atoms. The van der Waals surface area contributed by atoms with Gasteiger partial charge >= 0.3 is 0 Å². The van der Waals surface area contributed by atoms with Crippen molar-refractivity contribution in [3.8, 4) is 0 Å². The molecule has 0 saturated heterocycles. The first-order valence-corrected chi connectivity index (χ1v) is 7.43. The van der Waals surface area contributed by atoms with Crippen LogP contribution in [-0.2, 0) is 0 Å². The van der Waals surface area contributed by atoms with Crippen LogP contribution < -0.4 is 5.32 Å². The molecule has 0 aliphatic heterocycles. The van der Waals surface area contributed by atoms with Crippen molar-refractivity contribution in [1.82, 2.24) is 9.97 Å². The topological polar surface area (TPSA) is 37.8 Å². The van der Waals surface area contributed by atoms with Crippen LogP contribution in [0.4, 0.5) is 11.5 Å². The Morgan fingerprint density at radius 2 is 1.70 bits per heavy atom. The smallest absolute Gasteiger partial charge is 0.138 e. The van der Waals surface area contributed by atoms with Crippen LogP contribution in [0.25, 0.3) is 0 Å². The standard InChI is InChI=1S/C14H12Cl3N3/c1-7-12(17)19-14(8-2-3-8)20-13(7)18-11-5-9(15)4-10(16)6-11/h4-6,8H,2-3H2,1H3,(H,18,19,20). The summed E-state index contributed by atoms with van der Waals surface area (Å²) in [4.78, 5) is 8.89. The maximum absolute atomic E-state index is 6.18. The zero-order chi connectivity index (χ0) is 14.3. The van der Waals surface area contributed by atoms with Crippen LogP contribution in [0.15, 0.2) is 18.2 Å². The maximum Gasteiger partial charge on any atom is 0.138 e. The Hall–Kier alpha value is -1.03. The van der Waals surface area contributed by atoms with Gasteiger partial charge in [-0.3, -0.25) is 0 Å². The van der Waals surface area contributed by atoms with E-state index in [9.17, 15) is 0 Å². The van der Waals surface area contributed by atoms with E-state index in [0.717, 1.165) is 29.9 Å². The van der Waals surface area contributed by atoms with Gasteiger partial charge in [0.25, 0.3) is 0 Å². The van der Waals surface area contributed by atoms with E-state index in [1.54, 1.807) is 18.2 Å². The van der Waals surface area contributed by atoms with Crippen LogP contribution in [0.2, 0.25) is 15.2 Å². The Kier molecular flexibility index (Phi) is 3.76. The second-order valence-corrected chi connectivity index (χ2v) is 6.13. The van der Waals surface area contributed by atoms with Gasteiger partial charge in [0.2, 0.25) is 0 Å². The SMILES string of the molecule is Cc1c(Cl)nc(C2CC2)nc1Nc1cc(Cl)cc(Cl)c1. The van der Waals surface area contributed by atoms with Gasteiger partial charge in [-0.25, -0.2) is 9.97 Å². The number of anilines is 2. The second kappa shape index (κ2) is 5.40. The molecule has 3 rings (SSSR count). The molecule has 3 nitrogen and oxygen atoms in total. The van der Waals surface area contributed by atoms with Crippen LogP contribution >= 0.6 is 34.8 Å². The second-order valence-electron chi connectivity index (χ2n) is 4.90. The van der Waals surface area contributed by atoms with Crippen molar-refractivity contribution in [3.63, 3.8) is 0 Å². The van der Waals surface area contributed by atoms with Crippen LogP contribution in [0, 0.1) is 6.92 Å². The van der Waals surface area contributed by atoms with E-state index in [1.807, 2.05) is 6.92 Å². The van der Waals surface area contributed by atoms with Gasteiger partial charge in [0.05, 0.1) is 0 Å². The molecule has 1 N–H and O–H groups in total. The molecule has 2 aromatic rings. The van der Waals surface area contributed by atoms with E-state index in [2.05, 4.69) is 15.3 Å². The quantitative estimate of drug-likeness (QED) is 0.770. The highest BCUT2D eigenvalue weighted by Gasteiger charge is 2.28. The molecule has 104 valence electrons. The van der Waals surface area contributed by atoms with Crippen molar-refractivity contribution in [2.75, 3.05) is 5.32 Å². The third-order valence-electron chi connectivity index (χ3n) is 3.17. The number of hydrogen-bond donors (Lipinski definition) is 1. The summed E-state index contributed by atoms with van der Waals surface area (Å²) < 4.78 is 0. The van der Waals surface area contributed by atoms with E-state index in [1.165, 1.54) is 0 Å². The molecule has 0 spiro atoms. The van der Waals surface area contributed by atoms with Gasteiger partial charge in [-0.05, 0) is 38.0 Å². The van der Waals surface area contributed by atoms with Crippen molar-refractivity contribution >= 4 is 46.3 Å². The summed E-state index contributed by atoms with van der Waals surface area (Å²) in [6, 6.07) is 5.27. The van der Waals surface area contributed by atoms with Gasteiger partial charge in [0.15, 0.2) is 0 Å². The maximum atomic E-state index is 6.18. The fourth-order valence-corrected chi connectivity index (χ4v) is 2.62. The Morgan fingerprint density at radius 3 is 2.30 bits per heavy atom. The van der Waals surface area contributed by atoms with Gasteiger partial charge in [-0.2, -0.15) is 0 Å². The summed E-state index contributed by atoms with van der Waals surface area (Å²) in [5, 5.41) is 4.84. The van der Waals surface area contributed by atoms with Gasteiger partial charge < -0.3 is 5.32 Å². The number of nitrogens with zero attached hydrogens (tertiary/aromatic N) is 2. The number of hydrogen-bond acceptors (Lipinski definition) is 3. The molecule has 0 unspecified atom stereocenters. The molecule has 1 aromatic heterocycles. The first kappa shape index (κ1) is 13.9. The minimum Gasteiger partial charge on any atom is -0.340 e. The van der Waals surface area contributed by atoms with Crippen LogP contribution in [0.1, 0.15) is 30.1 Å². The molecular formula is C14H12Cl3N3. The van der Waals surface area contributed by atoms with Crippen molar-refractivity contribution < 1.29 is 0 Å². The zero-order valence-corrected chi connectivity index (χ0v) is 13.0. The molecule has 1 fully saturated rings. The number of aromatic nitrogens is 2. The molecule has 1 saturated carbocycles. The summed E-state index contributed by atoms with van der Waals surface area (Å²) in [7, 11) is 0. The monoisotopic (exact) mass is 327 g/mol. The number of halogens is 3. The van der Waals surface area contributed by atoms with Crippen molar-refractivity contribution in [1.29, 1.82) is 0 Å². The highest BCUT2D eigenvalue weighted by atomic mass is 35.5. The predicted octanol–water partition coefficient (Wildman–Crippen LogP) is 5.37. The van der Waals surface area contributed by atoms with Crippen molar-refractivity contribution in [2.24, 2.45) is 0 Å². The molecule has 1 aliphatic rings. The Bertz CT molecular complexity index is 649. The lowest BCUT2D eigenvalue weighted by Gasteiger charge is -2.12. The normalized spacial score (nSPS) is 14.4. The summed E-state index contributed by atoms with van der Waals surface area (Å²) >= 11 is 18.2. The first-order valence-electron chi connectivity index (χ1n) is 6.30. The van der Waals surface area contributed by atoms with Gasteiger partial charge in [-0.1, -0.05) is 34.8 Å². The lowest BCUT2D eigenvalue weighted by atomic mass is 10.2. The minimum absolute atomic E-state index is 0.441. The molecule has 1 heterocycles. The fraction of sp³-hybridized carbons (Fsp3) is 0.286. The number of benzene rings is 1. The fourth-order valence-electron chi connectivity index (χ4n) is 1.91. The Balaban J connectivity index is 1.96. The first-order chi connectivity index (χ1) is 9.52. The highest BCUT2D eigenvalue weighted by Crippen LogP contribution is 2.39. The average molecular weight is 329 g/mol. The van der Waals surface area contributed by atoms with Crippen LogP contribution in [0.5, 0.6) is 0 Å². The molecule has 0 radical (unpaired) electrons. The van der Waals surface area contributed by atoms with Crippen LogP contribution in [-0.4, -0.2) is 9.97 Å². The average Bonchev–Trinajstić information content (AvgIpc) is 3.17. The summed E-state index contributed by atoms with van der Waals surface area (Å²) in [5.74, 6) is 1.94. The Labute approximate surface area is 132 Å². The lowest BCUT2D eigenvalue weighted by molar-refractivity contribution is 0.922. The molecule has 0 amide bonds. The predicted molar refractivity (Wildman–Crippen MR) is 83.5 cm³/mol. The highest BCUT2D eigenvalue weighted by molar-refractivity contribution is 6.35. The summed E-state index contributed by atoms with van der Waals surface area (Å²) in [6.07, 6.45) is 2.25. The number of nitrogens with one attached hydrogen (secondary N) is 1. The lowest BCUT2D eigenvalue weighted by Crippen LogP contribution is -2.03. The third kappa shape index (κ3) is 3.00. The summed E-state index contributed by atoms with van der Waals surface area (Å²) in [5.41, 5.74) is 1.59. The minimum atomic E-state index is 0.441. The van der Waals surface area contributed by atoms with E-state index >= 15 is 0 Å². The molecule has 0 atom stereocenters. The largest absolute Gasteiger partial charge is 0.340 e. The Morgan fingerprint density at radius 1 is 1.05 bits per heavy atom. The van der Waals surface area contributed by atoms with E-state index < -0.39 is 0 Å². The zero-order valence-electron chi connectivity index (χ0n) is 10.8. The molecular weight excluding hydrogens is 317 g/mol. The van der Waals surface area contributed by atoms with Gasteiger partial charge in [0, 0.05) is 27.2 Å². The van der Waals surface area contributed by atoms with Crippen LogP contribution in [0.3, 0.4) is 0 Å². The molecule has 1 aliphatic carbocycles. The van der Waals surface area contributed by atoms with E-state index in [4.69, 9.17) is 34.8 Å². The van der Waals surface area contributed by atoms with Gasteiger partial charge in [0.1, 0.15) is 16.8 Å². The van der Waals surface area contributed by atoms with Gasteiger partial charge in [-0.15, -0.1) is 0 Å². The van der Waals surface area contributed by atoms with Crippen molar-refractivity contribution in [2.45, 2.75) is 25.7 Å². The molecule has 0 bridgehead atoms.